The van der Waals surface area contributed by atoms with Crippen LogP contribution in [0.2, 0.25) is 0 Å². The van der Waals surface area contributed by atoms with Crippen molar-refractivity contribution in [2.75, 3.05) is 0 Å². The van der Waals surface area contributed by atoms with Crippen LogP contribution in [0.3, 0.4) is 0 Å². The quantitative estimate of drug-likeness (QED) is 0.736. The van der Waals surface area contributed by atoms with Crippen molar-refractivity contribution < 1.29 is 19.4 Å². The van der Waals surface area contributed by atoms with Crippen LogP contribution in [0.5, 0.6) is 0 Å². The largest absolute Gasteiger partial charge is 0.463 e. The van der Waals surface area contributed by atoms with Crippen molar-refractivity contribution in [3.63, 3.8) is 0 Å². The van der Waals surface area contributed by atoms with Gasteiger partial charge in [-0.2, -0.15) is 0 Å². The van der Waals surface area contributed by atoms with Crippen molar-refractivity contribution in [3.8, 4) is 0 Å². The van der Waals surface area contributed by atoms with Crippen LogP contribution >= 0.6 is 0 Å². The lowest BCUT2D eigenvalue weighted by atomic mass is 9.44. The second kappa shape index (κ2) is 6.57. The molecule has 0 heterocycles. The van der Waals surface area contributed by atoms with E-state index in [4.69, 9.17) is 4.74 Å². The van der Waals surface area contributed by atoms with Crippen molar-refractivity contribution in [1.82, 2.24) is 0 Å². The van der Waals surface area contributed by atoms with Gasteiger partial charge >= 0.3 is 5.97 Å². The summed E-state index contributed by atoms with van der Waals surface area (Å²) in [5, 5.41) is 10.3. The van der Waals surface area contributed by atoms with E-state index in [1.54, 1.807) is 0 Å². The van der Waals surface area contributed by atoms with Gasteiger partial charge in [-0.05, 0) is 86.9 Å². The summed E-state index contributed by atoms with van der Waals surface area (Å²) in [5.74, 6) is 2.43. The van der Waals surface area contributed by atoms with Gasteiger partial charge in [0.15, 0.2) is 0 Å². The fraction of sp³-hybridized carbons (Fsp3) is 0.913. The predicted octanol–water partition coefficient (Wildman–Crippen LogP) is 4.14. The van der Waals surface area contributed by atoms with Gasteiger partial charge in [0.2, 0.25) is 0 Å². The Hall–Kier alpha value is -0.900. The van der Waals surface area contributed by atoms with Gasteiger partial charge in [0.05, 0.1) is 6.10 Å². The Morgan fingerprint density at radius 2 is 1.89 bits per heavy atom. The van der Waals surface area contributed by atoms with E-state index in [1.807, 2.05) is 6.92 Å². The molecule has 0 aromatic heterocycles. The Kier molecular flexibility index (Phi) is 4.73. The summed E-state index contributed by atoms with van der Waals surface area (Å²) in [4.78, 5) is 24.8. The summed E-state index contributed by atoms with van der Waals surface area (Å²) in [6, 6.07) is 0. The van der Waals surface area contributed by atoms with Crippen LogP contribution in [0.4, 0.5) is 0 Å². The molecule has 9 atom stereocenters. The minimum Gasteiger partial charge on any atom is -0.463 e. The molecule has 0 aromatic carbocycles. The number of carbonyl (C=O) groups is 2. The van der Waals surface area contributed by atoms with E-state index in [-0.39, 0.29) is 28.8 Å². The summed E-state index contributed by atoms with van der Waals surface area (Å²) in [5.41, 5.74) is -0.132. The number of rotatable bonds is 2. The number of aliphatic hydroxyl groups is 1. The molecule has 0 aliphatic heterocycles. The van der Waals surface area contributed by atoms with Crippen molar-refractivity contribution in [2.45, 2.75) is 91.3 Å². The Morgan fingerprint density at radius 1 is 1.15 bits per heavy atom. The SMILES string of the molecule is CC(=O)O[C@H]1CC[C@@]2(C)[C@@H](CC[C@@H]3[C@@H]2CC(=O)[C@]2(C)[C@@H]([C@@H](C)O)CC[C@@H]32)C1. The van der Waals surface area contributed by atoms with Gasteiger partial charge in [0.25, 0.3) is 0 Å². The molecule has 0 saturated heterocycles. The lowest BCUT2D eigenvalue weighted by molar-refractivity contribution is -0.168. The first-order chi connectivity index (χ1) is 12.7. The molecular weight excluding hydrogens is 340 g/mol. The minimum atomic E-state index is -0.397. The number of ether oxygens (including phenoxy) is 1. The zero-order valence-corrected chi connectivity index (χ0v) is 17.4. The highest BCUT2D eigenvalue weighted by Crippen LogP contribution is 2.66. The standard InChI is InChI=1S/C23H36O4/c1-13(24)18-7-8-19-17-6-5-15-11-16(27-14(2)25)9-10-22(15,3)20(17)12-21(26)23(18,19)4/h13,15-20,24H,5-12H2,1-4H3/t13-,15+,16+,17+,18-,19+,20+,22+,23-/m1/s1. The van der Waals surface area contributed by atoms with Gasteiger partial charge in [-0.25, -0.2) is 0 Å². The van der Waals surface area contributed by atoms with Crippen LogP contribution in [0.25, 0.3) is 0 Å². The first kappa shape index (κ1) is 19.4. The van der Waals surface area contributed by atoms with Crippen molar-refractivity contribution >= 4 is 11.8 Å². The molecule has 0 aromatic rings. The number of carbonyl (C=O) groups excluding carboxylic acids is 2. The van der Waals surface area contributed by atoms with E-state index in [2.05, 4.69) is 13.8 Å². The van der Waals surface area contributed by atoms with Crippen LogP contribution in [0, 0.1) is 40.4 Å². The number of hydrogen-bond donors (Lipinski definition) is 1. The van der Waals surface area contributed by atoms with Gasteiger partial charge in [-0.1, -0.05) is 13.8 Å². The van der Waals surface area contributed by atoms with E-state index < -0.39 is 6.10 Å². The van der Waals surface area contributed by atoms with Gasteiger partial charge in [0.1, 0.15) is 11.9 Å². The Labute approximate surface area is 163 Å². The third-order valence-corrected chi connectivity index (χ3v) is 9.46. The van der Waals surface area contributed by atoms with E-state index in [0.717, 1.165) is 32.1 Å². The molecule has 4 aliphatic carbocycles. The predicted molar refractivity (Wildman–Crippen MR) is 103 cm³/mol. The van der Waals surface area contributed by atoms with Crippen LogP contribution in [0.1, 0.15) is 79.1 Å². The Morgan fingerprint density at radius 3 is 2.56 bits per heavy atom. The molecule has 0 radical (unpaired) electrons. The highest BCUT2D eigenvalue weighted by molar-refractivity contribution is 5.87. The third kappa shape index (κ3) is 2.81. The topological polar surface area (TPSA) is 63.6 Å². The molecule has 4 saturated carbocycles. The number of esters is 1. The fourth-order valence-corrected chi connectivity index (χ4v) is 8.08. The molecule has 0 bridgehead atoms. The normalized spacial score (nSPS) is 50.3. The highest BCUT2D eigenvalue weighted by Gasteiger charge is 2.64. The number of fused-ring (bicyclic) bond motifs is 5. The fourth-order valence-electron chi connectivity index (χ4n) is 8.08. The number of hydrogen-bond acceptors (Lipinski definition) is 4. The van der Waals surface area contributed by atoms with Crippen LogP contribution in [-0.2, 0) is 14.3 Å². The van der Waals surface area contributed by atoms with E-state index in [1.165, 1.54) is 19.8 Å². The molecule has 4 aliphatic rings. The van der Waals surface area contributed by atoms with Crippen LogP contribution in [-0.4, -0.2) is 29.1 Å². The molecule has 4 heteroatoms. The molecule has 4 fully saturated rings. The maximum Gasteiger partial charge on any atom is 0.302 e. The summed E-state index contributed by atoms with van der Waals surface area (Å²) in [6.45, 7) is 7.94. The first-order valence-electron chi connectivity index (χ1n) is 11.1. The van der Waals surface area contributed by atoms with Crippen molar-refractivity contribution in [3.05, 3.63) is 0 Å². The van der Waals surface area contributed by atoms with E-state index in [0.29, 0.717) is 35.9 Å². The molecule has 0 amide bonds. The van der Waals surface area contributed by atoms with Gasteiger partial charge in [-0.3, -0.25) is 9.59 Å². The average molecular weight is 377 g/mol. The van der Waals surface area contributed by atoms with Crippen LogP contribution < -0.4 is 0 Å². The third-order valence-electron chi connectivity index (χ3n) is 9.46. The molecule has 4 nitrogen and oxygen atoms in total. The maximum absolute atomic E-state index is 13.4. The molecule has 152 valence electrons. The zero-order valence-electron chi connectivity index (χ0n) is 17.4. The summed E-state index contributed by atoms with van der Waals surface area (Å²) in [6.07, 6.45) is 7.78. The number of Topliss-reactive ketones (excluding diaryl/α,β-unsaturated/α-hetero) is 1. The first-order valence-corrected chi connectivity index (χ1v) is 11.1. The van der Waals surface area contributed by atoms with Crippen molar-refractivity contribution in [1.29, 1.82) is 0 Å². The lowest BCUT2D eigenvalue weighted by Gasteiger charge is -2.60. The Balaban J connectivity index is 1.58. The lowest BCUT2D eigenvalue weighted by Crippen LogP contribution is -2.57. The number of ketones is 1. The van der Waals surface area contributed by atoms with Crippen molar-refractivity contribution in [2.24, 2.45) is 40.4 Å². The maximum atomic E-state index is 13.4. The molecule has 27 heavy (non-hydrogen) atoms. The summed E-state index contributed by atoms with van der Waals surface area (Å²) in [7, 11) is 0. The highest BCUT2D eigenvalue weighted by atomic mass is 16.5. The van der Waals surface area contributed by atoms with Gasteiger partial charge in [-0.15, -0.1) is 0 Å². The number of aliphatic hydroxyl groups excluding tert-OH is 1. The molecular formula is C23H36O4. The van der Waals surface area contributed by atoms with Gasteiger partial charge < -0.3 is 9.84 Å². The minimum absolute atomic E-state index is 0.0628. The molecule has 4 rings (SSSR count). The van der Waals surface area contributed by atoms with E-state index >= 15 is 0 Å². The molecule has 1 N–H and O–H groups in total. The zero-order chi connectivity index (χ0) is 19.6. The summed E-state index contributed by atoms with van der Waals surface area (Å²) >= 11 is 0. The van der Waals surface area contributed by atoms with Gasteiger partial charge in [0, 0.05) is 18.8 Å². The monoisotopic (exact) mass is 376 g/mol. The average Bonchev–Trinajstić information content (AvgIpc) is 2.95. The smallest absolute Gasteiger partial charge is 0.302 e. The molecule has 0 spiro atoms. The summed E-state index contributed by atoms with van der Waals surface area (Å²) < 4.78 is 5.53. The van der Waals surface area contributed by atoms with Crippen LogP contribution in [0.15, 0.2) is 0 Å². The molecule has 0 unspecified atom stereocenters. The Bertz CT molecular complexity index is 628. The van der Waals surface area contributed by atoms with E-state index in [9.17, 15) is 14.7 Å². The second-order valence-electron chi connectivity index (χ2n) is 10.5. The second-order valence-corrected chi connectivity index (χ2v) is 10.5.